The highest BCUT2D eigenvalue weighted by molar-refractivity contribution is 6.31. The molecule has 2 aliphatic rings. The summed E-state index contributed by atoms with van der Waals surface area (Å²) in [5, 5.41) is 5.47. The fourth-order valence-electron chi connectivity index (χ4n) is 5.53. The van der Waals surface area contributed by atoms with Crippen LogP contribution in [0.15, 0.2) is 23.0 Å². The zero-order valence-electron chi connectivity index (χ0n) is 22.4. The number of carbonyl (C=O) groups is 2. The summed E-state index contributed by atoms with van der Waals surface area (Å²) in [7, 11) is 1.60. The average molecular weight is 568 g/mol. The Morgan fingerprint density at radius 3 is 2.56 bits per heavy atom. The Morgan fingerprint density at radius 1 is 1.21 bits per heavy atom. The monoisotopic (exact) mass is 567 g/mol. The van der Waals surface area contributed by atoms with Crippen molar-refractivity contribution in [2.24, 2.45) is 5.92 Å². The van der Waals surface area contributed by atoms with Crippen LogP contribution in [-0.2, 0) is 23.9 Å². The highest BCUT2D eigenvalue weighted by atomic mass is 35.5. The average Bonchev–Trinajstić information content (AvgIpc) is 2.87. The van der Waals surface area contributed by atoms with Crippen LogP contribution in [0.3, 0.4) is 0 Å². The van der Waals surface area contributed by atoms with Crippen molar-refractivity contribution in [1.82, 2.24) is 19.8 Å². The second-order valence-electron chi connectivity index (χ2n) is 10.6. The summed E-state index contributed by atoms with van der Waals surface area (Å²) in [4.78, 5) is 45.8. The molecule has 0 radical (unpaired) electrons. The predicted molar refractivity (Wildman–Crippen MR) is 142 cm³/mol. The summed E-state index contributed by atoms with van der Waals surface area (Å²) in [6.07, 6.45) is -1.68. The summed E-state index contributed by atoms with van der Waals surface area (Å²) in [5.41, 5.74) is -0.537. The second kappa shape index (κ2) is 11.2. The number of fused-ring (bicyclic) bond motifs is 1. The fraction of sp³-hybridized carbons (Fsp3) is 0.556. The first kappa shape index (κ1) is 28.9. The number of anilines is 1. The molecule has 1 saturated carbocycles. The lowest BCUT2D eigenvalue weighted by Crippen LogP contribution is -2.47. The Bertz CT molecular complexity index is 1330. The number of nitrogens with zero attached hydrogens (tertiary/aromatic N) is 3. The number of halogens is 4. The quantitative estimate of drug-likeness (QED) is 0.541. The predicted octanol–water partition coefficient (Wildman–Crippen LogP) is 4.80. The van der Waals surface area contributed by atoms with Crippen molar-refractivity contribution in [3.05, 3.63) is 56.0 Å². The van der Waals surface area contributed by atoms with Gasteiger partial charge in [0.25, 0.3) is 11.5 Å². The van der Waals surface area contributed by atoms with E-state index in [0.29, 0.717) is 23.6 Å². The Balaban J connectivity index is 1.71. The molecule has 8 nitrogen and oxygen atoms in total. The van der Waals surface area contributed by atoms with Crippen molar-refractivity contribution in [3.63, 3.8) is 0 Å². The van der Waals surface area contributed by atoms with E-state index < -0.39 is 28.7 Å². The van der Waals surface area contributed by atoms with Crippen molar-refractivity contribution >= 4 is 29.4 Å². The first-order valence-corrected chi connectivity index (χ1v) is 13.5. The number of alkyl halides is 3. The maximum absolute atomic E-state index is 13.9. The van der Waals surface area contributed by atoms with E-state index in [1.807, 2.05) is 13.8 Å². The molecule has 1 aliphatic carbocycles. The van der Waals surface area contributed by atoms with Gasteiger partial charge in [0, 0.05) is 42.2 Å². The Labute approximate surface area is 229 Å². The molecular formula is C27H33ClF3N5O3. The normalized spacial score (nSPS) is 21.5. The van der Waals surface area contributed by atoms with Gasteiger partial charge in [-0.2, -0.15) is 13.2 Å². The number of rotatable bonds is 5. The Kier molecular flexibility index (Phi) is 8.30. The lowest BCUT2D eigenvalue weighted by atomic mass is 9.84. The van der Waals surface area contributed by atoms with Gasteiger partial charge in [0.15, 0.2) is 0 Å². The van der Waals surface area contributed by atoms with E-state index in [-0.39, 0.29) is 48.0 Å². The molecule has 2 amide bonds. The molecule has 2 N–H and O–H groups in total. The van der Waals surface area contributed by atoms with Gasteiger partial charge in [-0.05, 0) is 64.7 Å². The summed E-state index contributed by atoms with van der Waals surface area (Å²) in [5.74, 6) is -0.475. The number of carbonyl (C=O) groups excluding carboxylic acids is 2. The molecule has 4 rings (SSSR count). The van der Waals surface area contributed by atoms with E-state index in [1.165, 1.54) is 11.0 Å². The van der Waals surface area contributed by atoms with Crippen molar-refractivity contribution in [2.45, 2.75) is 83.7 Å². The molecule has 12 heteroatoms. The number of hydrogen-bond donors (Lipinski definition) is 2. The molecule has 0 unspecified atom stereocenters. The first-order chi connectivity index (χ1) is 18.3. The number of hydrogen-bond acceptors (Lipinski definition) is 5. The van der Waals surface area contributed by atoms with Crippen molar-refractivity contribution in [2.75, 3.05) is 12.4 Å². The molecule has 1 aromatic carbocycles. The van der Waals surface area contributed by atoms with Gasteiger partial charge >= 0.3 is 6.18 Å². The number of benzene rings is 1. The van der Waals surface area contributed by atoms with Gasteiger partial charge in [0.1, 0.15) is 0 Å². The van der Waals surface area contributed by atoms with Gasteiger partial charge in [-0.1, -0.05) is 18.0 Å². The highest BCUT2D eigenvalue weighted by Gasteiger charge is 2.37. The smallest absolute Gasteiger partial charge is 0.359 e. The Hall–Kier alpha value is -3.08. The molecule has 0 bridgehead atoms. The topological polar surface area (TPSA) is 96.3 Å². The van der Waals surface area contributed by atoms with Crippen LogP contribution in [0.25, 0.3) is 0 Å². The van der Waals surface area contributed by atoms with E-state index in [1.54, 1.807) is 18.5 Å². The Morgan fingerprint density at radius 2 is 1.92 bits per heavy atom. The molecule has 0 spiro atoms. The van der Waals surface area contributed by atoms with Crippen LogP contribution in [0, 0.1) is 5.92 Å². The van der Waals surface area contributed by atoms with E-state index in [2.05, 4.69) is 10.6 Å². The van der Waals surface area contributed by atoms with Crippen LogP contribution in [0.1, 0.15) is 79.7 Å². The third-order valence-electron chi connectivity index (χ3n) is 7.47. The fourth-order valence-corrected chi connectivity index (χ4v) is 5.75. The molecule has 1 fully saturated rings. The molecule has 0 saturated heterocycles. The third kappa shape index (κ3) is 5.92. The van der Waals surface area contributed by atoms with Crippen LogP contribution >= 0.6 is 11.6 Å². The van der Waals surface area contributed by atoms with Crippen molar-refractivity contribution in [3.8, 4) is 0 Å². The molecule has 1 aliphatic heterocycles. The third-order valence-corrected chi connectivity index (χ3v) is 7.80. The van der Waals surface area contributed by atoms with Gasteiger partial charge in [-0.3, -0.25) is 19.0 Å². The van der Waals surface area contributed by atoms with Crippen LogP contribution in [-0.4, -0.2) is 45.4 Å². The SMILES string of the molecule is CNC(=O)[C@H]1CCC[C@H](n2c(NC(C)C)nc3c(c2=O)C[C@@H](C)N(C(=O)c2ccc(Cl)c(C(F)(F)F)c2)C3)C1. The maximum Gasteiger partial charge on any atom is 0.417 e. The minimum Gasteiger partial charge on any atom is -0.359 e. The van der Waals surface area contributed by atoms with E-state index in [0.717, 1.165) is 31.4 Å². The number of aromatic nitrogens is 2. The summed E-state index contributed by atoms with van der Waals surface area (Å²) < 4.78 is 41.8. The lowest BCUT2D eigenvalue weighted by molar-refractivity contribution is -0.137. The maximum atomic E-state index is 13.9. The van der Waals surface area contributed by atoms with Crippen LogP contribution in [0.2, 0.25) is 5.02 Å². The molecule has 3 atom stereocenters. The molecule has 39 heavy (non-hydrogen) atoms. The summed E-state index contributed by atoms with van der Waals surface area (Å²) >= 11 is 5.74. The highest BCUT2D eigenvalue weighted by Crippen LogP contribution is 2.37. The minimum atomic E-state index is -4.70. The second-order valence-corrected chi connectivity index (χ2v) is 11.1. The standard InChI is InChI=1S/C27H33ClF3N5O3/c1-14(2)33-26-34-22-13-35(24(38)17-8-9-21(28)20(12-17)27(29,30)31)15(3)10-19(22)25(39)36(26)18-7-5-6-16(11-18)23(37)32-4/h8-9,12,14-16,18H,5-7,10-11,13H2,1-4H3,(H,32,37)(H,33,34)/t15-,16+,18+/m1/s1. The van der Waals surface area contributed by atoms with Crippen molar-refractivity contribution < 1.29 is 22.8 Å². The van der Waals surface area contributed by atoms with E-state index >= 15 is 0 Å². The van der Waals surface area contributed by atoms with Crippen LogP contribution in [0.4, 0.5) is 19.1 Å². The molecule has 1 aromatic heterocycles. The summed E-state index contributed by atoms with van der Waals surface area (Å²) in [6, 6.07) is 2.39. The van der Waals surface area contributed by atoms with Gasteiger partial charge in [-0.15, -0.1) is 0 Å². The first-order valence-electron chi connectivity index (χ1n) is 13.1. The van der Waals surface area contributed by atoms with Crippen LogP contribution < -0.4 is 16.2 Å². The zero-order valence-corrected chi connectivity index (χ0v) is 23.1. The van der Waals surface area contributed by atoms with Crippen LogP contribution in [0.5, 0.6) is 0 Å². The zero-order chi connectivity index (χ0) is 28.6. The van der Waals surface area contributed by atoms with E-state index in [4.69, 9.17) is 16.6 Å². The van der Waals surface area contributed by atoms with Gasteiger partial charge in [-0.25, -0.2) is 4.98 Å². The number of amides is 2. The number of nitrogens with one attached hydrogen (secondary N) is 2. The molecule has 2 heterocycles. The summed E-state index contributed by atoms with van der Waals surface area (Å²) in [6.45, 7) is 5.57. The molecular weight excluding hydrogens is 535 g/mol. The minimum absolute atomic E-state index is 0.0201. The molecule has 212 valence electrons. The van der Waals surface area contributed by atoms with Gasteiger partial charge < -0.3 is 15.5 Å². The van der Waals surface area contributed by atoms with Crippen molar-refractivity contribution in [1.29, 1.82) is 0 Å². The largest absolute Gasteiger partial charge is 0.417 e. The van der Waals surface area contributed by atoms with Gasteiger partial charge in [0.05, 0.1) is 22.8 Å². The molecule has 2 aromatic rings. The lowest BCUT2D eigenvalue weighted by Gasteiger charge is -2.36. The van der Waals surface area contributed by atoms with Gasteiger partial charge in [0.2, 0.25) is 11.9 Å². The van der Waals surface area contributed by atoms with E-state index in [9.17, 15) is 27.6 Å².